The molecule has 0 aromatic heterocycles. The fourth-order valence-electron chi connectivity index (χ4n) is 2.84. The molecule has 2 aromatic carbocycles. The summed E-state index contributed by atoms with van der Waals surface area (Å²) in [4.78, 5) is 59.6. The van der Waals surface area contributed by atoms with E-state index < -0.39 is 23.6 Å². The minimum absolute atomic E-state index is 0.00253. The molecule has 0 atom stereocenters. The van der Waals surface area contributed by atoms with Crippen molar-refractivity contribution in [3.05, 3.63) is 64.2 Å². The lowest BCUT2D eigenvalue weighted by atomic mass is 9.96. The van der Waals surface area contributed by atoms with Gasteiger partial charge < -0.3 is 20.5 Å². The molecule has 0 saturated heterocycles. The van der Waals surface area contributed by atoms with Crippen LogP contribution in [0.5, 0.6) is 5.75 Å². The number of ether oxygens (including phenoxy) is 1. The molecule has 31 heavy (non-hydrogen) atoms. The van der Waals surface area contributed by atoms with Crippen LogP contribution in [0.1, 0.15) is 66.8 Å². The number of ketones is 1. The van der Waals surface area contributed by atoms with Gasteiger partial charge in [-0.3, -0.25) is 19.2 Å². The van der Waals surface area contributed by atoms with Gasteiger partial charge in [-0.1, -0.05) is 19.4 Å². The number of benzene rings is 2. The fourth-order valence-corrected chi connectivity index (χ4v) is 2.84. The number of nitrogens with one attached hydrogen (secondary N) is 2. The van der Waals surface area contributed by atoms with Gasteiger partial charge in [-0.05, 0) is 36.8 Å². The molecule has 0 radical (unpaired) electrons. The van der Waals surface area contributed by atoms with Gasteiger partial charge in [0.15, 0.2) is 5.78 Å². The molecule has 2 aromatic rings. The lowest BCUT2D eigenvalue weighted by Crippen LogP contribution is -2.25. The van der Waals surface area contributed by atoms with Crippen molar-refractivity contribution in [3.63, 3.8) is 0 Å². The average molecular weight is 426 g/mol. The van der Waals surface area contributed by atoms with E-state index in [9.17, 15) is 29.1 Å². The van der Waals surface area contributed by atoms with Crippen molar-refractivity contribution in [3.8, 4) is 5.75 Å². The normalized spacial score (nSPS) is 10.1. The van der Waals surface area contributed by atoms with Gasteiger partial charge in [0.2, 0.25) is 0 Å². The Labute approximate surface area is 178 Å². The predicted octanol–water partition coefficient (Wildman–Crippen LogP) is 2.04. The highest BCUT2D eigenvalue weighted by atomic mass is 16.5. The molecule has 0 fully saturated rings. The van der Waals surface area contributed by atoms with E-state index >= 15 is 0 Å². The molecule has 162 valence electrons. The molecule has 0 spiro atoms. The van der Waals surface area contributed by atoms with Crippen LogP contribution in [0.25, 0.3) is 0 Å². The largest absolute Gasteiger partial charge is 0.478 e. The lowest BCUT2D eigenvalue weighted by molar-refractivity contribution is -0.120. The fraction of sp³-hybridized carbons (Fsp3) is 0.227. The van der Waals surface area contributed by atoms with Gasteiger partial charge in [-0.25, -0.2) is 4.79 Å². The van der Waals surface area contributed by atoms with Gasteiger partial charge in [-0.15, -0.1) is 0 Å². The third-order valence-corrected chi connectivity index (χ3v) is 4.46. The highest BCUT2D eigenvalue weighted by molar-refractivity contribution is 6.13. The monoisotopic (exact) mass is 426 g/mol. The van der Waals surface area contributed by atoms with Gasteiger partial charge in [-0.2, -0.15) is 0 Å². The summed E-state index contributed by atoms with van der Waals surface area (Å²) in [6.07, 6.45) is 1.63. The van der Waals surface area contributed by atoms with Crippen LogP contribution in [-0.2, 0) is 4.79 Å². The number of rotatable bonds is 10. The van der Waals surface area contributed by atoms with Gasteiger partial charge in [0.05, 0.1) is 16.7 Å². The highest BCUT2D eigenvalue weighted by Gasteiger charge is 2.21. The van der Waals surface area contributed by atoms with Gasteiger partial charge in [0.25, 0.3) is 18.3 Å². The van der Waals surface area contributed by atoms with E-state index in [0.29, 0.717) is 6.54 Å². The Hall–Kier alpha value is -4.01. The van der Waals surface area contributed by atoms with Crippen LogP contribution in [0.3, 0.4) is 0 Å². The van der Waals surface area contributed by atoms with Crippen molar-refractivity contribution in [1.82, 2.24) is 10.6 Å². The van der Waals surface area contributed by atoms with Crippen LogP contribution in [-0.4, -0.2) is 48.7 Å². The summed E-state index contributed by atoms with van der Waals surface area (Å²) < 4.78 is 4.84. The number of carboxylic acids is 1. The van der Waals surface area contributed by atoms with Crippen LogP contribution >= 0.6 is 0 Å². The maximum Gasteiger partial charge on any atom is 0.336 e. The number of carbonyl (C=O) groups excluding carboxylic acids is 4. The summed E-state index contributed by atoms with van der Waals surface area (Å²) in [6, 6.07) is 7.61. The highest BCUT2D eigenvalue weighted by Crippen LogP contribution is 2.23. The number of hydrogen-bond donors (Lipinski definition) is 3. The van der Waals surface area contributed by atoms with Crippen molar-refractivity contribution in [2.75, 3.05) is 13.6 Å². The molecular formula is C22H22N2O7. The summed E-state index contributed by atoms with van der Waals surface area (Å²) in [5, 5.41) is 14.3. The first-order valence-corrected chi connectivity index (χ1v) is 9.50. The molecule has 0 aliphatic rings. The number of hydrogen-bond acceptors (Lipinski definition) is 6. The van der Waals surface area contributed by atoms with Crippen LogP contribution in [0, 0.1) is 0 Å². The number of aromatic carboxylic acids is 1. The Morgan fingerprint density at radius 3 is 2.19 bits per heavy atom. The second-order valence-electron chi connectivity index (χ2n) is 6.51. The van der Waals surface area contributed by atoms with E-state index in [4.69, 9.17) is 4.74 Å². The zero-order valence-electron chi connectivity index (χ0n) is 17.1. The first-order chi connectivity index (χ1) is 14.8. The molecular weight excluding hydrogens is 404 g/mol. The molecule has 3 N–H and O–H groups in total. The van der Waals surface area contributed by atoms with Crippen molar-refractivity contribution in [1.29, 1.82) is 0 Å². The minimum Gasteiger partial charge on any atom is -0.478 e. The second-order valence-corrected chi connectivity index (χ2v) is 6.51. The smallest absolute Gasteiger partial charge is 0.336 e. The quantitative estimate of drug-likeness (QED) is 0.300. The summed E-state index contributed by atoms with van der Waals surface area (Å²) in [5.41, 5.74) is -0.251. The third kappa shape index (κ3) is 5.53. The second kappa shape index (κ2) is 10.7. The molecule has 0 bridgehead atoms. The number of amides is 2. The molecule has 0 unspecified atom stereocenters. The molecule has 9 nitrogen and oxygen atoms in total. The predicted molar refractivity (Wildman–Crippen MR) is 111 cm³/mol. The third-order valence-electron chi connectivity index (χ3n) is 4.46. The van der Waals surface area contributed by atoms with E-state index in [1.165, 1.54) is 43.4 Å². The Balaban J connectivity index is 2.46. The summed E-state index contributed by atoms with van der Waals surface area (Å²) in [5.74, 6) is -3.01. The standard InChI is InChI=1S/C22H22N2O7/c1-3-4-9-24-21(28)17-11-14(6-8-18(17)31-12-25)19(26)13-5-7-15(22(29)30)16(10-13)20(27)23-2/h5-8,10-12H,3-4,9H2,1-2H3,(H,23,27)(H,24,28)(H,29,30). The average Bonchev–Trinajstić information content (AvgIpc) is 2.78. The van der Waals surface area contributed by atoms with Gasteiger partial charge in [0.1, 0.15) is 5.75 Å². The summed E-state index contributed by atoms with van der Waals surface area (Å²) >= 11 is 0. The van der Waals surface area contributed by atoms with E-state index in [-0.39, 0.29) is 40.0 Å². The van der Waals surface area contributed by atoms with Gasteiger partial charge >= 0.3 is 5.97 Å². The molecule has 0 aliphatic heterocycles. The maximum atomic E-state index is 13.0. The minimum atomic E-state index is -1.31. The SMILES string of the molecule is CCCCNC(=O)c1cc(C(=O)c2ccc(C(=O)O)c(C(=O)NC)c2)ccc1OC=O. The number of carboxylic acid groups (broad SMARTS) is 1. The van der Waals surface area contributed by atoms with Crippen LogP contribution in [0.4, 0.5) is 0 Å². The van der Waals surface area contributed by atoms with E-state index in [1.54, 1.807) is 0 Å². The molecule has 9 heteroatoms. The molecule has 0 aliphatic carbocycles. The molecule has 0 heterocycles. The first kappa shape index (κ1) is 23.3. The molecule has 0 saturated carbocycles. The molecule has 2 amide bonds. The van der Waals surface area contributed by atoms with Crippen molar-refractivity contribution < 1.29 is 33.8 Å². The van der Waals surface area contributed by atoms with Gasteiger partial charge in [0, 0.05) is 24.7 Å². The van der Waals surface area contributed by atoms with Crippen LogP contribution in [0.2, 0.25) is 0 Å². The zero-order valence-corrected chi connectivity index (χ0v) is 17.1. The number of unbranched alkanes of at least 4 members (excludes halogenated alkanes) is 1. The van der Waals surface area contributed by atoms with Crippen molar-refractivity contribution >= 4 is 30.0 Å². The van der Waals surface area contributed by atoms with E-state index in [1.807, 2.05) is 6.92 Å². The Morgan fingerprint density at radius 1 is 0.968 bits per heavy atom. The Bertz CT molecular complexity index is 1030. The Kier molecular flexibility index (Phi) is 8.01. The van der Waals surface area contributed by atoms with Crippen LogP contribution in [0.15, 0.2) is 36.4 Å². The zero-order chi connectivity index (χ0) is 23.0. The first-order valence-electron chi connectivity index (χ1n) is 9.50. The Morgan fingerprint density at radius 2 is 1.61 bits per heavy atom. The van der Waals surface area contributed by atoms with E-state index in [2.05, 4.69) is 10.6 Å². The number of carbonyl (C=O) groups is 5. The van der Waals surface area contributed by atoms with Crippen molar-refractivity contribution in [2.24, 2.45) is 0 Å². The molecule has 2 rings (SSSR count). The summed E-state index contributed by atoms with van der Waals surface area (Å²) in [6.45, 7) is 2.56. The van der Waals surface area contributed by atoms with Crippen molar-refractivity contribution in [2.45, 2.75) is 19.8 Å². The maximum absolute atomic E-state index is 13.0. The lowest BCUT2D eigenvalue weighted by Gasteiger charge is -2.11. The summed E-state index contributed by atoms with van der Waals surface area (Å²) in [7, 11) is 1.34. The van der Waals surface area contributed by atoms with Crippen LogP contribution < -0.4 is 15.4 Å². The topological polar surface area (TPSA) is 139 Å². The van der Waals surface area contributed by atoms with E-state index in [0.717, 1.165) is 12.8 Å².